The van der Waals surface area contributed by atoms with E-state index in [9.17, 15) is 22.4 Å². The number of carbonyl (C=O) groups is 2. The van der Waals surface area contributed by atoms with Crippen molar-refractivity contribution in [1.29, 1.82) is 0 Å². The Morgan fingerprint density at radius 3 is 2.59 bits per heavy atom. The second kappa shape index (κ2) is 13.1. The first kappa shape index (κ1) is 32.6. The maximum atomic E-state index is 15.3. The summed E-state index contributed by atoms with van der Waals surface area (Å²) in [6.07, 6.45) is 6.92. The summed E-state index contributed by atoms with van der Waals surface area (Å²) in [4.78, 5) is 39.2. The van der Waals surface area contributed by atoms with E-state index in [4.69, 9.17) is 10.5 Å². The lowest BCUT2D eigenvalue weighted by molar-refractivity contribution is 0.0207. The van der Waals surface area contributed by atoms with E-state index in [1.807, 2.05) is 20.8 Å². The Morgan fingerprint density at radius 1 is 1.25 bits per heavy atom. The minimum absolute atomic E-state index is 0.0577. The second-order valence-corrected chi connectivity index (χ2v) is 13.3. The molecule has 0 aliphatic carbocycles. The SMILES string of the molecule is CCCS(=O)(=O)Nc1ccc(F)c(C(=O)c2c[nH]c3ncc(/C(C=NC4CCN(C(=O)OC(C)(C)C)CC4)=C/N)cc23)c1F. The lowest BCUT2D eigenvalue weighted by atomic mass is 10.00. The predicted molar refractivity (Wildman–Crippen MR) is 165 cm³/mol. The van der Waals surface area contributed by atoms with E-state index in [1.54, 1.807) is 24.1 Å². The number of carbonyl (C=O) groups excluding carboxylic acids is 2. The number of sulfonamides is 1. The third-order valence-electron chi connectivity index (χ3n) is 6.89. The molecule has 0 unspecified atom stereocenters. The molecule has 11 nitrogen and oxygen atoms in total. The number of aromatic amines is 1. The first-order chi connectivity index (χ1) is 20.7. The molecule has 3 aromatic rings. The Bertz CT molecular complexity index is 1720. The van der Waals surface area contributed by atoms with Gasteiger partial charge < -0.3 is 20.4 Å². The zero-order valence-electron chi connectivity index (χ0n) is 25.0. The fourth-order valence-electron chi connectivity index (χ4n) is 4.73. The molecule has 0 saturated carbocycles. The molecule has 0 spiro atoms. The Morgan fingerprint density at radius 2 is 1.95 bits per heavy atom. The highest BCUT2D eigenvalue weighted by atomic mass is 32.2. The number of anilines is 1. The molecule has 1 saturated heterocycles. The van der Waals surface area contributed by atoms with Crippen LogP contribution in [0, 0.1) is 11.6 Å². The van der Waals surface area contributed by atoms with Crippen LogP contribution in [0.5, 0.6) is 0 Å². The summed E-state index contributed by atoms with van der Waals surface area (Å²) >= 11 is 0. The molecular weight excluding hydrogens is 594 g/mol. The molecule has 4 N–H and O–H groups in total. The lowest BCUT2D eigenvalue weighted by Gasteiger charge is -2.32. The maximum absolute atomic E-state index is 15.3. The van der Waals surface area contributed by atoms with Crippen molar-refractivity contribution in [1.82, 2.24) is 14.9 Å². The monoisotopic (exact) mass is 630 g/mol. The highest BCUT2D eigenvalue weighted by Crippen LogP contribution is 2.29. The summed E-state index contributed by atoms with van der Waals surface area (Å²) in [5, 5.41) is 0.279. The molecule has 44 heavy (non-hydrogen) atoms. The van der Waals surface area contributed by atoms with Crippen molar-refractivity contribution in [2.75, 3.05) is 23.6 Å². The van der Waals surface area contributed by atoms with E-state index in [-0.39, 0.29) is 35.3 Å². The number of H-pyrrole nitrogens is 1. The fraction of sp³-hybridized carbons (Fsp3) is 0.400. The van der Waals surface area contributed by atoms with Crippen molar-refractivity contribution in [2.45, 2.75) is 58.6 Å². The zero-order chi connectivity index (χ0) is 32.2. The summed E-state index contributed by atoms with van der Waals surface area (Å²) in [5.74, 6) is -3.72. The van der Waals surface area contributed by atoms with Crippen LogP contribution in [0.3, 0.4) is 0 Å². The number of aliphatic imine (C=N–C) groups is 1. The molecule has 3 heterocycles. The van der Waals surface area contributed by atoms with Crippen molar-refractivity contribution in [2.24, 2.45) is 10.7 Å². The number of nitrogens with one attached hydrogen (secondary N) is 2. The van der Waals surface area contributed by atoms with E-state index in [2.05, 4.69) is 19.7 Å². The zero-order valence-corrected chi connectivity index (χ0v) is 25.8. The Balaban J connectivity index is 1.55. The van der Waals surface area contributed by atoms with Gasteiger partial charge in [-0.1, -0.05) is 6.92 Å². The number of piperidine rings is 1. The van der Waals surface area contributed by atoms with Crippen LogP contribution in [0.2, 0.25) is 0 Å². The van der Waals surface area contributed by atoms with Crippen LogP contribution >= 0.6 is 0 Å². The largest absolute Gasteiger partial charge is 0.444 e. The molecule has 1 fully saturated rings. The van der Waals surface area contributed by atoms with Crippen molar-refractivity contribution >= 4 is 50.4 Å². The van der Waals surface area contributed by atoms with Crippen molar-refractivity contribution < 1.29 is 31.5 Å². The van der Waals surface area contributed by atoms with Crippen LogP contribution in [-0.2, 0) is 14.8 Å². The van der Waals surface area contributed by atoms with Crippen LogP contribution in [0.25, 0.3) is 16.6 Å². The molecule has 0 radical (unpaired) electrons. The highest BCUT2D eigenvalue weighted by Gasteiger charge is 2.28. The van der Waals surface area contributed by atoms with Gasteiger partial charge in [0.05, 0.1) is 23.0 Å². The molecule has 0 atom stereocenters. The van der Waals surface area contributed by atoms with E-state index in [1.165, 1.54) is 18.6 Å². The standard InChI is InChI=1S/C30H36F2N6O5S/c1-5-12-44(41,42)37-24-7-6-23(31)25(26(24)32)27(39)22-17-36-28-21(22)13-18(15-35-28)19(14-33)16-34-20-8-10-38(11-9-20)29(40)43-30(2,3)4/h6-7,13-17,20,37H,5,8-12,33H2,1-4H3,(H,35,36)/b19-14+,34-16?. The Labute approximate surface area is 254 Å². The number of nitrogens with two attached hydrogens (primary N) is 1. The smallest absolute Gasteiger partial charge is 0.410 e. The van der Waals surface area contributed by atoms with Gasteiger partial charge in [-0.3, -0.25) is 14.5 Å². The molecule has 1 aliphatic rings. The number of benzene rings is 1. The van der Waals surface area contributed by atoms with Gasteiger partial charge >= 0.3 is 6.09 Å². The maximum Gasteiger partial charge on any atom is 0.410 e. The van der Waals surface area contributed by atoms with E-state index in [0.717, 1.165) is 12.1 Å². The number of amides is 1. The molecule has 236 valence electrons. The van der Waals surface area contributed by atoms with E-state index in [0.29, 0.717) is 42.7 Å². The lowest BCUT2D eigenvalue weighted by Crippen LogP contribution is -2.42. The number of ether oxygens (including phenoxy) is 1. The Hall–Kier alpha value is -4.33. The molecule has 0 bridgehead atoms. The number of allylic oxidation sites excluding steroid dienone is 1. The number of rotatable bonds is 9. The number of ketones is 1. The van der Waals surface area contributed by atoms with Crippen LogP contribution in [0.15, 0.2) is 41.8 Å². The average Bonchev–Trinajstić information content (AvgIpc) is 3.38. The van der Waals surface area contributed by atoms with Gasteiger partial charge in [-0.05, 0) is 58.2 Å². The minimum Gasteiger partial charge on any atom is -0.444 e. The summed E-state index contributed by atoms with van der Waals surface area (Å²) < 4.78 is 62.0. The number of pyridine rings is 1. The number of fused-ring (bicyclic) bond motifs is 1. The second-order valence-electron chi connectivity index (χ2n) is 11.5. The summed E-state index contributed by atoms with van der Waals surface area (Å²) in [5.41, 5.74) is 5.12. The van der Waals surface area contributed by atoms with Gasteiger partial charge in [0.2, 0.25) is 15.8 Å². The normalized spacial score (nSPS) is 15.2. The summed E-state index contributed by atoms with van der Waals surface area (Å²) in [7, 11) is -3.89. The highest BCUT2D eigenvalue weighted by molar-refractivity contribution is 7.92. The fourth-order valence-corrected chi connectivity index (χ4v) is 5.87. The molecular formula is C30H36F2N6O5S. The average molecular weight is 631 g/mol. The van der Waals surface area contributed by atoms with E-state index >= 15 is 4.39 Å². The van der Waals surface area contributed by atoms with Crippen LogP contribution < -0.4 is 10.5 Å². The summed E-state index contributed by atoms with van der Waals surface area (Å²) in [6, 6.07) is 3.31. The first-order valence-electron chi connectivity index (χ1n) is 14.2. The molecule has 2 aromatic heterocycles. The van der Waals surface area contributed by atoms with Crippen molar-refractivity contribution in [3.8, 4) is 0 Å². The molecule has 1 amide bonds. The number of halogens is 2. The van der Waals surface area contributed by atoms with Crippen LogP contribution in [0.4, 0.5) is 19.3 Å². The topological polar surface area (TPSA) is 160 Å². The number of hydrogen-bond acceptors (Lipinski definition) is 8. The number of hydrogen-bond donors (Lipinski definition) is 3. The van der Waals surface area contributed by atoms with Crippen LogP contribution in [0.1, 0.15) is 68.4 Å². The van der Waals surface area contributed by atoms with Gasteiger partial charge in [-0.25, -0.2) is 27.0 Å². The quantitative estimate of drug-likeness (QED) is 0.222. The molecule has 1 aromatic carbocycles. The summed E-state index contributed by atoms with van der Waals surface area (Å²) in [6.45, 7) is 8.08. The van der Waals surface area contributed by atoms with Crippen molar-refractivity contribution in [3.63, 3.8) is 0 Å². The van der Waals surface area contributed by atoms with Gasteiger partial charge in [-0.2, -0.15) is 0 Å². The van der Waals surface area contributed by atoms with Gasteiger partial charge in [0.15, 0.2) is 5.82 Å². The molecule has 4 rings (SSSR count). The predicted octanol–water partition coefficient (Wildman–Crippen LogP) is 4.99. The van der Waals surface area contributed by atoms with Gasteiger partial charge in [0, 0.05) is 60.0 Å². The number of aromatic nitrogens is 2. The van der Waals surface area contributed by atoms with E-state index < -0.39 is 44.3 Å². The van der Waals surface area contributed by atoms with Gasteiger partial charge in [-0.15, -0.1) is 0 Å². The molecule has 1 aliphatic heterocycles. The minimum atomic E-state index is -3.89. The van der Waals surface area contributed by atoms with Crippen molar-refractivity contribution in [3.05, 3.63) is 65.1 Å². The van der Waals surface area contributed by atoms with Gasteiger partial charge in [0.1, 0.15) is 17.1 Å². The molecule has 14 heteroatoms. The Kier molecular flexibility index (Phi) is 9.72. The number of likely N-dealkylation sites (tertiary alicyclic amines) is 1. The first-order valence-corrected chi connectivity index (χ1v) is 15.8. The third-order valence-corrected chi connectivity index (χ3v) is 8.36. The third kappa shape index (κ3) is 7.59. The number of nitrogens with zero attached hydrogens (tertiary/aromatic N) is 3. The van der Waals surface area contributed by atoms with Gasteiger partial charge in [0.25, 0.3) is 0 Å². The van der Waals surface area contributed by atoms with Crippen LogP contribution in [-0.4, -0.2) is 71.9 Å².